The molecule has 6 nitrogen and oxygen atoms in total. The van der Waals surface area contributed by atoms with E-state index < -0.39 is 0 Å². The van der Waals surface area contributed by atoms with Crippen LogP contribution in [0, 0.1) is 0 Å². The summed E-state index contributed by atoms with van der Waals surface area (Å²) < 4.78 is 1.83. The summed E-state index contributed by atoms with van der Waals surface area (Å²) in [6.07, 6.45) is 2.22. The second kappa shape index (κ2) is 6.00. The Bertz CT molecular complexity index is 532. The SMILES string of the molecule is CCCN(c1nnnn1-c1ccccc1)C1CCNC1. The standard InChI is InChI=1S/C14H20N6/c1-2-10-19(13-8-9-15-11-13)14-16-17-18-20(14)12-6-4-3-5-7-12/h3-7,13,15H,2,8-11H2,1H3. The Balaban J connectivity index is 1.93. The van der Waals surface area contributed by atoms with Crippen molar-refractivity contribution in [3.63, 3.8) is 0 Å². The summed E-state index contributed by atoms with van der Waals surface area (Å²) in [5, 5.41) is 15.7. The van der Waals surface area contributed by atoms with E-state index in [1.807, 2.05) is 35.0 Å². The van der Waals surface area contributed by atoms with Crippen molar-refractivity contribution < 1.29 is 0 Å². The zero-order valence-electron chi connectivity index (χ0n) is 11.7. The van der Waals surface area contributed by atoms with E-state index in [2.05, 4.69) is 32.7 Å². The predicted molar refractivity (Wildman–Crippen MR) is 78.1 cm³/mol. The molecule has 0 spiro atoms. The molecular weight excluding hydrogens is 252 g/mol. The molecule has 0 aliphatic carbocycles. The third kappa shape index (κ3) is 2.51. The molecule has 1 aliphatic heterocycles. The van der Waals surface area contributed by atoms with Crippen LogP contribution in [0.5, 0.6) is 0 Å². The highest BCUT2D eigenvalue weighted by Gasteiger charge is 2.26. The van der Waals surface area contributed by atoms with E-state index in [4.69, 9.17) is 0 Å². The van der Waals surface area contributed by atoms with Crippen LogP contribution in [0.4, 0.5) is 5.95 Å². The van der Waals surface area contributed by atoms with Crippen LogP contribution in [-0.4, -0.2) is 45.9 Å². The minimum atomic E-state index is 0.475. The van der Waals surface area contributed by atoms with Gasteiger partial charge in [0.25, 0.3) is 5.95 Å². The summed E-state index contributed by atoms with van der Waals surface area (Å²) >= 11 is 0. The normalized spacial score (nSPS) is 18.4. The van der Waals surface area contributed by atoms with Crippen molar-refractivity contribution in [2.24, 2.45) is 0 Å². The van der Waals surface area contributed by atoms with Crippen LogP contribution < -0.4 is 10.2 Å². The first-order chi connectivity index (χ1) is 9.90. The molecule has 1 fully saturated rings. The van der Waals surface area contributed by atoms with Gasteiger partial charge in [0.15, 0.2) is 0 Å². The summed E-state index contributed by atoms with van der Waals surface area (Å²) in [6, 6.07) is 10.5. The first-order valence-corrected chi connectivity index (χ1v) is 7.21. The van der Waals surface area contributed by atoms with Crippen molar-refractivity contribution in [3.05, 3.63) is 30.3 Å². The van der Waals surface area contributed by atoms with E-state index in [-0.39, 0.29) is 0 Å². The Morgan fingerprint density at radius 3 is 2.90 bits per heavy atom. The predicted octanol–water partition coefficient (Wildman–Crippen LogP) is 1.24. The van der Waals surface area contributed by atoms with Gasteiger partial charge in [-0.3, -0.25) is 0 Å². The number of hydrogen-bond donors (Lipinski definition) is 1. The molecule has 106 valence electrons. The fourth-order valence-electron chi connectivity index (χ4n) is 2.69. The first kappa shape index (κ1) is 13.1. The van der Waals surface area contributed by atoms with Crippen LogP contribution in [0.2, 0.25) is 0 Å². The molecule has 6 heteroatoms. The minimum Gasteiger partial charge on any atom is -0.335 e. The van der Waals surface area contributed by atoms with Crippen molar-refractivity contribution in [3.8, 4) is 5.69 Å². The van der Waals surface area contributed by atoms with Crippen LogP contribution >= 0.6 is 0 Å². The van der Waals surface area contributed by atoms with Crippen LogP contribution in [0.25, 0.3) is 5.69 Å². The van der Waals surface area contributed by atoms with Gasteiger partial charge in [0, 0.05) is 19.1 Å². The molecule has 0 saturated carbocycles. The van der Waals surface area contributed by atoms with Gasteiger partial charge in [0.1, 0.15) is 0 Å². The average Bonchev–Trinajstić information content (AvgIpc) is 3.17. The van der Waals surface area contributed by atoms with Crippen molar-refractivity contribution in [2.45, 2.75) is 25.8 Å². The van der Waals surface area contributed by atoms with Crippen molar-refractivity contribution >= 4 is 5.95 Å². The highest BCUT2D eigenvalue weighted by molar-refractivity contribution is 5.41. The molecule has 1 saturated heterocycles. The number of hydrogen-bond acceptors (Lipinski definition) is 5. The molecule has 1 N–H and O–H groups in total. The largest absolute Gasteiger partial charge is 0.335 e. The van der Waals surface area contributed by atoms with Gasteiger partial charge in [-0.1, -0.05) is 30.2 Å². The maximum Gasteiger partial charge on any atom is 0.250 e. The molecular formula is C14H20N6. The number of para-hydroxylation sites is 1. The van der Waals surface area contributed by atoms with Crippen LogP contribution in [0.15, 0.2) is 30.3 Å². The first-order valence-electron chi connectivity index (χ1n) is 7.21. The highest BCUT2D eigenvalue weighted by atomic mass is 15.6. The third-order valence-corrected chi connectivity index (χ3v) is 3.65. The maximum atomic E-state index is 4.26. The third-order valence-electron chi connectivity index (χ3n) is 3.65. The van der Waals surface area contributed by atoms with Crippen LogP contribution in [0.3, 0.4) is 0 Å². The molecule has 1 unspecified atom stereocenters. The van der Waals surface area contributed by atoms with Crippen molar-refractivity contribution in [1.29, 1.82) is 0 Å². The monoisotopic (exact) mass is 272 g/mol. The Morgan fingerprint density at radius 2 is 2.20 bits per heavy atom. The molecule has 0 bridgehead atoms. The summed E-state index contributed by atoms with van der Waals surface area (Å²) in [5.41, 5.74) is 1.000. The lowest BCUT2D eigenvalue weighted by atomic mass is 10.2. The fraction of sp³-hybridized carbons (Fsp3) is 0.500. The van der Waals surface area contributed by atoms with E-state index in [0.29, 0.717) is 6.04 Å². The lowest BCUT2D eigenvalue weighted by Crippen LogP contribution is -2.39. The van der Waals surface area contributed by atoms with Crippen molar-refractivity contribution in [2.75, 3.05) is 24.5 Å². The second-order valence-electron chi connectivity index (χ2n) is 5.07. The Morgan fingerprint density at radius 1 is 1.35 bits per heavy atom. The second-order valence-corrected chi connectivity index (χ2v) is 5.07. The fourth-order valence-corrected chi connectivity index (χ4v) is 2.69. The van der Waals surface area contributed by atoms with E-state index >= 15 is 0 Å². The molecule has 2 heterocycles. The van der Waals surface area contributed by atoms with Crippen molar-refractivity contribution in [1.82, 2.24) is 25.5 Å². The number of rotatable bonds is 5. The molecule has 3 rings (SSSR count). The van der Waals surface area contributed by atoms with Gasteiger partial charge in [0.05, 0.1) is 5.69 Å². The lowest BCUT2D eigenvalue weighted by molar-refractivity contribution is 0.601. The average molecular weight is 272 g/mol. The number of benzene rings is 1. The van der Waals surface area contributed by atoms with E-state index in [1.165, 1.54) is 0 Å². The Labute approximate surface area is 118 Å². The minimum absolute atomic E-state index is 0.475. The van der Waals surface area contributed by atoms with Crippen LogP contribution in [0.1, 0.15) is 19.8 Å². The van der Waals surface area contributed by atoms with E-state index in [0.717, 1.165) is 44.1 Å². The van der Waals surface area contributed by atoms with Gasteiger partial charge in [0.2, 0.25) is 0 Å². The number of nitrogens with one attached hydrogen (secondary N) is 1. The summed E-state index contributed by atoms with van der Waals surface area (Å²) in [7, 11) is 0. The molecule has 1 aromatic carbocycles. The Hall–Kier alpha value is -1.95. The van der Waals surface area contributed by atoms with Gasteiger partial charge < -0.3 is 10.2 Å². The highest BCUT2D eigenvalue weighted by Crippen LogP contribution is 2.20. The molecule has 2 aromatic rings. The molecule has 1 aliphatic rings. The molecule has 1 aromatic heterocycles. The molecule has 1 atom stereocenters. The number of tetrazole rings is 1. The van der Waals surface area contributed by atoms with Crippen LogP contribution in [-0.2, 0) is 0 Å². The van der Waals surface area contributed by atoms with Gasteiger partial charge >= 0.3 is 0 Å². The topological polar surface area (TPSA) is 58.9 Å². The maximum absolute atomic E-state index is 4.26. The zero-order chi connectivity index (χ0) is 13.8. The van der Waals surface area contributed by atoms with Gasteiger partial charge in [-0.15, -0.1) is 0 Å². The summed E-state index contributed by atoms with van der Waals surface area (Å²) in [4.78, 5) is 2.33. The number of aromatic nitrogens is 4. The molecule has 0 radical (unpaired) electrons. The van der Waals surface area contributed by atoms with Gasteiger partial charge in [-0.25, -0.2) is 0 Å². The quantitative estimate of drug-likeness (QED) is 0.887. The van der Waals surface area contributed by atoms with E-state index in [9.17, 15) is 0 Å². The van der Waals surface area contributed by atoms with Gasteiger partial charge in [-0.2, -0.15) is 4.68 Å². The van der Waals surface area contributed by atoms with Gasteiger partial charge in [-0.05, 0) is 41.9 Å². The summed E-state index contributed by atoms with van der Waals surface area (Å²) in [5.74, 6) is 0.840. The Kier molecular flexibility index (Phi) is 3.92. The summed E-state index contributed by atoms with van der Waals surface area (Å²) in [6.45, 7) is 5.23. The molecule has 0 amide bonds. The lowest BCUT2D eigenvalue weighted by Gasteiger charge is -2.28. The smallest absolute Gasteiger partial charge is 0.250 e. The molecule has 20 heavy (non-hydrogen) atoms. The zero-order valence-corrected chi connectivity index (χ0v) is 11.7. The number of nitrogens with zero attached hydrogens (tertiary/aromatic N) is 5. The number of anilines is 1. The van der Waals surface area contributed by atoms with E-state index in [1.54, 1.807) is 0 Å².